The topological polar surface area (TPSA) is 75.3 Å². The molecule has 0 unspecified atom stereocenters. The summed E-state index contributed by atoms with van der Waals surface area (Å²) in [4.78, 5) is 11.6. The van der Waals surface area contributed by atoms with Crippen LogP contribution in [0.15, 0.2) is 53.4 Å². The number of alkyl halides is 6. The fourth-order valence-electron chi connectivity index (χ4n) is 1.99. The van der Waals surface area contributed by atoms with Crippen LogP contribution in [-0.4, -0.2) is 27.0 Å². The molecule has 0 atom stereocenters. The zero-order chi connectivity index (χ0) is 21.2. The summed E-state index contributed by atoms with van der Waals surface area (Å²) in [7, 11) is -4.40. The minimum absolute atomic E-state index is 0.0726. The summed E-state index contributed by atoms with van der Waals surface area (Å²) in [5, 5.41) is 2.34. The zero-order valence-corrected chi connectivity index (χ0v) is 14.5. The van der Waals surface area contributed by atoms with Crippen LogP contribution >= 0.6 is 0 Å². The highest BCUT2D eigenvalue weighted by Gasteiger charge is 2.31. The Balaban J connectivity index is 2.06. The Bertz CT molecular complexity index is 936. The van der Waals surface area contributed by atoms with Crippen LogP contribution < -0.4 is 10.0 Å². The van der Waals surface area contributed by atoms with E-state index in [1.54, 1.807) is 0 Å². The van der Waals surface area contributed by atoms with E-state index in [9.17, 15) is 39.6 Å². The Morgan fingerprint density at radius 2 is 1.39 bits per heavy atom. The molecule has 0 aliphatic carbocycles. The number of hydrogen-bond donors (Lipinski definition) is 2. The maximum atomic E-state index is 12.5. The minimum Gasteiger partial charge on any atom is -0.322 e. The highest BCUT2D eigenvalue weighted by molar-refractivity contribution is 7.89. The summed E-state index contributed by atoms with van der Waals surface area (Å²) in [6, 6.07) is 7.61. The predicted molar refractivity (Wildman–Crippen MR) is 87.1 cm³/mol. The zero-order valence-electron chi connectivity index (χ0n) is 13.7. The number of sulfonamides is 1. The number of carbonyl (C=O) groups excluding carboxylic acids is 1. The number of halogens is 6. The molecular weight excluding hydrogens is 414 g/mol. The van der Waals surface area contributed by atoms with Gasteiger partial charge < -0.3 is 5.32 Å². The molecule has 0 fully saturated rings. The van der Waals surface area contributed by atoms with Gasteiger partial charge in [0.2, 0.25) is 10.0 Å². The molecule has 2 rings (SSSR count). The molecule has 0 saturated heterocycles. The maximum Gasteiger partial charge on any atom is 0.416 e. The summed E-state index contributed by atoms with van der Waals surface area (Å²) in [5.74, 6) is -0.750. The van der Waals surface area contributed by atoms with Crippen molar-refractivity contribution < 1.29 is 39.6 Å². The first-order valence-electron chi connectivity index (χ1n) is 7.43. The van der Waals surface area contributed by atoms with Crippen LogP contribution in [-0.2, 0) is 16.2 Å². The Labute approximate surface area is 155 Å². The van der Waals surface area contributed by atoms with Gasteiger partial charge in [-0.15, -0.1) is 0 Å². The van der Waals surface area contributed by atoms with Gasteiger partial charge in [0.1, 0.15) is 6.54 Å². The molecule has 0 radical (unpaired) electrons. The minimum atomic E-state index is -4.72. The van der Waals surface area contributed by atoms with Crippen molar-refractivity contribution in [2.45, 2.75) is 17.2 Å². The van der Waals surface area contributed by atoms with Crippen LogP contribution in [0, 0.1) is 0 Å². The first-order chi connectivity index (χ1) is 12.8. The van der Waals surface area contributed by atoms with E-state index in [0.29, 0.717) is 0 Å². The number of amides is 1. The quantitative estimate of drug-likeness (QED) is 0.715. The van der Waals surface area contributed by atoms with Gasteiger partial charge in [0.25, 0.3) is 5.91 Å². The molecule has 12 heteroatoms. The number of nitrogens with one attached hydrogen (secondary N) is 2. The van der Waals surface area contributed by atoms with E-state index in [-0.39, 0.29) is 11.3 Å². The first-order valence-corrected chi connectivity index (χ1v) is 8.91. The molecule has 2 aromatic rings. The van der Waals surface area contributed by atoms with E-state index in [2.05, 4.69) is 5.32 Å². The van der Waals surface area contributed by atoms with Crippen molar-refractivity contribution in [1.82, 2.24) is 4.72 Å². The standard InChI is InChI=1S/C16H12F6N2O3S/c17-15(18,19)9-23-28(26,27)13-7-5-12(6-8-13)24-14(25)10-1-3-11(4-2-10)16(20,21)22/h1-8,23H,9H2,(H,24,25). The predicted octanol–water partition coefficient (Wildman–Crippen LogP) is 3.80. The van der Waals surface area contributed by atoms with Crippen LogP contribution in [0.3, 0.4) is 0 Å². The second kappa shape index (κ2) is 7.80. The van der Waals surface area contributed by atoms with Crippen molar-refractivity contribution in [3.63, 3.8) is 0 Å². The lowest BCUT2D eigenvalue weighted by atomic mass is 10.1. The monoisotopic (exact) mass is 426 g/mol. The van der Waals surface area contributed by atoms with Gasteiger partial charge in [-0.2, -0.15) is 26.3 Å². The van der Waals surface area contributed by atoms with Gasteiger partial charge in [-0.1, -0.05) is 0 Å². The molecular formula is C16H12F6N2O3S. The van der Waals surface area contributed by atoms with Crippen molar-refractivity contribution in [1.29, 1.82) is 0 Å². The third kappa shape index (κ3) is 5.96. The van der Waals surface area contributed by atoms with E-state index in [0.717, 1.165) is 48.5 Å². The van der Waals surface area contributed by atoms with Gasteiger partial charge in [-0.05, 0) is 48.5 Å². The van der Waals surface area contributed by atoms with Crippen LogP contribution in [0.25, 0.3) is 0 Å². The number of hydrogen-bond acceptors (Lipinski definition) is 3. The van der Waals surface area contributed by atoms with Gasteiger partial charge in [0, 0.05) is 11.3 Å². The number of anilines is 1. The summed E-state index contributed by atoms with van der Waals surface area (Å²) < 4.78 is 98.8. The number of carbonyl (C=O) groups is 1. The molecule has 2 N–H and O–H groups in total. The largest absolute Gasteiger partial charge is 0.416 e. The van der Waals surface area contributed by atoms with Gasteiger partial charge in [0.05, 0.1) is 10.5 Å². The summed E-state index contributed by atoms with van der Waals surface area (Å²) in [6.45, 7) is -1.73. The summed E-state index contributed by atoms with van der Waals surface area (Å²) in [6.07, 6.45) is -9.26. The Morgan fingerprint density at radius 3 is 1.86 bits per heavy atom. The summed E-state index contributed by atoms with van der Waals surface area (Å²) in [5.41, 5.74) is -0.902. The molecule has 0 heterocycles. The van der Waals surface area contributed by atoms with Gasteiger partial charge in [-0.25, -0.2) is 13.1 Å². The average Bonchev–Trinajstić information content (AvgIpc) is 2.59. The van der Waals surface area contributed by atoms with Crippen LogP contribution in [0.2, 0.25) is 0 Å². The Morgan fingerprint density at radius 1 is 0.857 bits per heavy atom. The molecule has 152 valence electrons. The first kappa shape index (κ1) is 21.7. The molecule has 0 aliphatic heterocycles. The maximum absolute atomic E-state index is 12.5. The smallest absolute Gasteiger partial charge is 0.322 e. The lowest BCUT2D eigenvalue weighted by Crippen LogP contribution is -2.33. The molecule has 5 nitrogen and oxygen atoms in total. The van der Waals surface area contributed by atoms with Crippen LogP contribution in [0.1, 0.15) is 15.9 Å². The van der Waals surface area contributed by atoms with E-state index >= 15 is 0 Å². The lowest BCUT2D eigenvalue weighted by molar-refractivity contribution is -0.137. The molecule has 0 bridgehead atoms. The average molecular weight is 426 g/mol. The number of rotatable bonds is 5. The SMILES string of the molecule is O=C(Nc1ccc(S(=O)(=O)NCC(F)(F)F)cc1)c1ccc(C(F)(F)F)cc1. The van der Waals surface area contributed by atoms with Gasteiger partial charge >= 0.3 is 12.4 Å². The highest BCUT2D eigenvalue weighted by Crippen LogP contribution is 2.29. The van der Waals surface area contributed by atoms with Gasteiger partial charge in [0.15, 0.2) is 0 Å². The second-order valence-corrected chi connectivity index (χ2v) is 7.26. The second-order valence-electron chi connectivity index (χ2n) is 5.49. The molecule has 28 heavy (non-hydrogen) atoms. The van der Waals surface area contributed by atoms with Crippen LogP contribution in [0.5, 0.6) is 0 Å². The third-order valence-electron chi connectivity index (χ3n) is 3.36. The molecule has 1 amide bonds. The van der Waals surface area contributed by atoms with Crippen molar-refractivity contribution in [2.24, 2.45) is 0 Å². The van der Waals surface area contributed by atoms with Crippen molar-refractivity contribution in [2.75, 3.05) is 11.9 Å². The molecule has 0 saturated carbocycles. The van der Waals surface area contributed by atoms with Crippen molar-refractivity contribution >= 4 is 21.6 Å². The van der Waals surface area contributed by atoms with Crippen molar-refractivity contribution in [3.8, 4) is 0 Å². The summed E-state index contributed by atoms with van der Waals surface area (Å²) >= 11 is 0. The van der Waals surface area contributed by atoms with Gasteiger partial charge in [-0.3, -0.25) is 4.79 Å². The lowest BCUT2D eigenvalue weighted by Gasteiger charge is -2.11. The van der Waals surface area contributed by atoms with E-state index < -0.39 is 45.3 Å². The fraction of sp³-hybridized carbons (Fsp3) is 0.188. The Hall–Kier alpha value is -2.60. The molecule has 0 aromatic heterocycles. The molecule has 0 aliphatic rings. The fourth-order valence-corrected chi connectivity index (χ4v) is 3.01. The molecule has 0 spiro atoms. The van der Waals surface area contributed by atoms with Crippen LogP contribution in [0.4, 0.5) is 32.0 Å². The normalized spacial score (nSPS) is 12.6. The third-order valence-corrected chi connectivity index (χ3v) is 4.78. The van der Waals surface area contributed by atoms with E-state index in [1.807, 2.05) is 0 Å². The van der Waals surface area contributed by atoms with E-state index in [1.165, 1.54) is 4.72 Å². The van der Waals surface area contributed by atoms with E-state index in [4.69, 9.17) is 0 Å². The Kier molecular flexibility index (Phi) is 6.04. The number of benzene rings is 2. The highest BCUT2D eigenvalue weighted by atomic mass is 32.2. The molecule has 2 aromatic carbocycles. The van der Waals surface area contributed by atoms with Crippen molar-refractivity contribution in [3.05, 3.63) is 59.7 Å².